The minimum atomic E-state index is 0.284. The Bertz CT molecular complexity index is 230. The number of hydrogen-bond donors (Lipinski definition) is 1. The van der Waals surface area contributed by atoms with Gasteiger partial charge in [0.25, 0.3) is 0 Å². The second-order valence-electron chi connectivity index (χ2n) is 5.97. The third-order valence-corrected chi connectivity index (χ3v) is 4.69. The van der Waals surface area contributed by atoms with Gasteiger partial charge in [-0.3, -0.25) is 4.90 Å². The van der Waals surface area contributed by atoms with Crippen LogP contribution in [0.4, 0.5) is 0 Å². The first-order valence-corrected chi connectivity index (χ1v) is 7.04. The number of likely N-dealkylation sites (N-methyl/N-ethyl adjacent to an activating group) is 2. The molecule has 0 spiro atoms. The molecule has 0 bridgehead atoms. The maximum atomic E-state index is 3.45. The third-order valence-electron chi connectivity index (χ3n) is 4.69. The van der Waals surface area contributed by atoms with Crippen molar-refractivity contribution in [1.29, 1.82) is 0 Å². The first-order valence-electron chi connectivity index (χ1n) is 7.04. The SMILES string of the molecule is CCC(C)(C(C)NC)N1CCCC1CN(C)C. The van der Waals surface area contributed by atoms with Gasteiger partial charge in [-0.2, -0.15) is 0 Å². The van der Waals surface area contributed by atoms with Crippen molar-refractivity contribution in [2.75, 3.05) is 34.2 Å². The van der Waals surface area contributed by atoms with E-state index in [9.17, 15) is 0 Å². The van der Waals surface area contributed by atoms with Gasteiger partial charge in [0.1, 0.15) is 0 Å². The zero-order chi connectivity index (χ0) is 13.1. The van der Waals surface area contributed by atoms with E-state index in [1.807, 2.05) is 0 Å². The molecule has 17 heavy (non-hydrogen) atoms. The normalized spacial score (nSPS) is 27.4. The van der Waals surface area contributed by atoms with E-state index < -0.39 is 0 Å². The Labute approximate surface area is 108 Å². The monoisotopic (exact) mass is 241 g/mol. The van der Waals surface area contributed by atoms with Crippen LogP contribution < -0.4 is 5.32 Å². The van der Waals surface area contributed by atoms with Gasteiger partial charge in [-0.25, -0.2) is 0 Å². The Hall–Kier alpha value is -0.120. The molecule has 3 atom stereocenters. The predicted octanol–water partition coefficient (Wildman–Crippen LogP) is 1.79. The van der Waals surface area contributed by atoms with E-state index in [2.05, 4.69) is 57.0 Å². The second-order valence-corrected chi connectivity index (χ2v) is 5.97. The molecule has 0 saturated carbocycles. The van der Waals surface area contributed by atoms with E-state index in [-0.39, 0.29) is 5.54 Å². The molecule has 0 aromatic heterocycles. The fourth-order valence-corrected chi connectivity index (χ4v) is 3.19. The van der Waals surface area contributed by atoms with Gasteiger partial charge in [-0.15, -0.1) is 0 Å². The maximum absolute atomic E-state index is 3.45. The highest BCUT2D eigenvalue weighted by molar-refractivity contribution is 4.99. The van der Waals surface area contributed by atoms with Gasteiger partial charge in [-0.05, 0) is 60.8 Å². The number of likely N-dealkylation sites (tertiary alicyclic amines) is 1. The molecule has 0 aromatic carbocycles. The first kappa shape index (κ1) is 14.9. The lowest BCUT2D eigenvalue weighted by Crippen LogP contribution is -2.60. The van der Waals surface area contributed by atoms with Crippen molar-refractivity contribution in [3.8, 4) is 0 Å². The molecule has 1 fully saturated rings. The van der Waals surface area contributed by atoms with Gasteiger partial charge in [0, 0.05) is 24.2 Å². The second kappa shape index (κ2) is 6.17. The summed E-state index contributed by atoms with van der Waals surface area (Å²) in [6.45, 7) is 9.50. The molecule has 1 saturated heterocycles. The van der Waals surface area contributed by atoms with Crippen molar-refractivity contribution < 1.29 is 0 Å². The van der Waals surface area contributed by atoms with E-state index in [4.69, 9.17) is 0 Å². The molecule has 1 aliphatic heterocycles. The van der Waals surface area contributed by atoms with Crippen LogP contribution >= 0.6 is 0 Å². The Kier molecular flexibility index (Phi) is 5.42. The summed E-state index contributed by atoms with van der Waals surface area (Å²) in [4.78, 5) is 5.07. The van der Waals surface area contributed by atoms with Crippen molar-refractivity contribution >= 4 is 0 Å². The maximum Gasteiger partial charge on any atom is 0.0332 e. The number of nitrogens with zero attached hydrogens (tertiary/aromatic N) is 2. The van der Waals surface area contributed by atoms with Gasteiger partial charge in [-0.1, -0.05) is 6.92 Å². The molecule has 0 aromatic rings. The summed E-state index contributed by atoms with van der Waals surface area (Å²) in [5, 5.41) is 3.45. The highest BCUT2D eigenvalue weighted by Crippen LogP contribution is 2.32. The lowest BCUT2D eigenvalue weighted by atomic mass is 9.87. The minimum absolute atomic E-state index is 0.284. The Balaban J connectivity index is 2.79. The Morgan fingerprint density at radius 2 is 2.12 bits per heavy atom. The molecule has 0 radical (unpaired) electrons. The van der Waals surface area contributed by atoms with Crippen LogP contribution in [0, 0.1) is 0 Å². The van der Waals surface area contributed by atoms with Crippen LogP contribution in [0.2, 0.25) is 0 Å². The lowest BCUT2D eigenvalue weighted by Gasteiger charge is -2.46. The quantitative estimate of drug-likeness (QED) is 0.765. The molecule has 1 N–H and O–H groups in total. The van der Waals surface area contributed by atoms with Crippen LogP contribution in [0.15, 0.2) is 0 Å². The first-order chi connectivity index (χ1) is 7.95. The molecule has 3 nitrogen and oxygen atoms in total. The van der Waals surface area contributed by atoms with Gasteiger partial charge >= 0.3 is 0 Å². The number of hydrogen-bond acceptors (Lipinski definition) is 3. The summed E-state index contributed by atoms with van der Waals surface area (Å²) in [5.74, 6) is 0. The number of nitrogens with one attached hydrogen (secondary N) is 1. The summed E-state index contributed by atoms with van der Waals surface area (Å²) >= 11 is 0. The molecule has 1 rings (SSSR count). The molecular formula is C14H31N3. The van der Waals surface area contributed by atoms with Gasteiger partial charge < -0.3 is 10.2 Å². The zero-order valence-electron chi connectivity index (χ0n) is 12.6. The summed E-state index contributed by atoms with van der Waals surface area (Å²) in [6.07, 6.45) is 3.91. The fourth-order valence-electron chi connectivity index (χ4n) is 3.19. The zero-order valence-corrected chi connectivity index (χ0v) is 12.6. The van der Waals surface area contributed by atoms with Crippen molar-refractivity contribution in [1.82, 2.24) is 15.1 Å². The Morgan fingerprint density at radius 1 is 1.47 bits per heavy atom. The molecular weight excluding hydrogens is 210 g/mol. The fraction of sp³-hybridized carbons (Fsp3) is 1.00. The Morgan fingerprint density at radius 3 is 2.59 bits per heavy atom. The van der Waals surface area contributed by atoms with Crippen molar-refractivity contribution in [2.24, 2.45) is 0 Å². The average Bonchev–Trinajstić information content (AvgIpc) is 2.74. The third kappa shape index (κ3) is 3.21. The standard InChI is InChI=1S/C14H31N3/c1-7-14(3,12(2)15-4)17-10-8-9-13(17)11-16(5)6/h12-13,15H,7-11H2,1-6H3. The van der Waals surface area contributed by atoms with Crippen LogP contribution in [-0.4, -0.2) is 61.7 Å². The van der Waals surface area contributed by atoms with Crippen molar-refractivity contribution in [2.45, 2.75) is 57.7 Å². The highest BCUT2D eigenvalue weighted by Gasteiger charge is 2.41. The topological polar surface area (TPSA) is 18.5 Å². The largest absolute Gasteiger partial charge is 0.315 e. The summed E-state index contributed by atoms with van der Waals surface area (Å²) in [7, 11) is 6.44. The molecule has 102 valence electrons. The van der Waals surface area contributed by atoms with E-state index in [0.717, 1.165) is 6.04 Å². The van der Waals surface area contributed by atoms with Crippen LogP contribution in [0.5, 0.6) is 0 Å². The molecule has 1 heterocycles. The van der Waals surface area contributed by atoms with E-state index in [1.54, 1.807) is 0 Å². The van der Waals surface area contributed by atoms with Gasteiger partial charge in [0.2, 0.25) is 0 Å². The van der Waals surface area contributed by atoms with E-state index in [1.165, 1.54) is 32.4 Å². The van der Waals surface area contributed by atoms with Crippen LogP contribution in [0.1, 0.15) is 40.0 Å². The average molecular weight is 241 g/mol. The van der Waals surface area contributed by atoms with Crippen LogP contribution in [-0.2, 0) is 0 Å². The summed E-state index contributed by atoms with van der Waals surface area (Å²) in [6, 6.07) is 1.26. The molecule has 0 aliphatic carbocycles. The van der Waals surface area contributed by atoms with Crippen molar-refractivity contribution in [3.05, 3.63) is 0 Å². The van der Waals surface area contributed by atoms with Crippen LogP contribution in [0.25, 0.3) is 0 Å². The minimum Gasteiger partial charge on any atom is -0.315 e. The smallest absolute Gasteiger partial charge is 0.0332 e. The molecule has 1 aliphatic rings. The predicted molar refractivity (Wildman–Crippen MR) is 75.5 cm³/mol. The summed E-state index contributed by atoms with van der Waals surface area (Å²) < 4.78 is 0. The molecule has 3 heteroatoms. The summed E-state index contributed by atoms with van der Waals surface area (Å²) in [5.41, 5.74) is 0.284. The van der Waals surface area contributed by atoms with Crippen LogP contribution in [0.3, 0.4) is 0 Å². The van der Waals surface area contributed by atoms with E-state index in [0.29, 0.717) is 6.04 Å². The van der Waals surface area contributed by atoms with Gasteiger partial charge in [0.05, 0.1) is 0 Å². The van der Waals surface area contributed by atoms with Crippen molar-refractivity contribution in [3.63, 3.8) is 0 Å². The highest BCUT2D eigenvalue weighted by atomic mass is 15.3. The van der Waals surface area contributed by atoms with Gasteiger partial charge in [0.15, 0.2) is 0 Å². The van der Waals surface area contributed by atoms with E-state index >= 15 is 0 Å². The number of rotatable bonds is 6. The molecule has 3 unspecified atom stereocenters. The molecule has 0 amide bonds. The lowest BCUT2D eigenvalue weighted by molar-refractivity contribution is 0.0467.